The number of imide groups is 2. The van der Waals surface area contributed by atoms with Gasteiger partial charge >= 0.3 is 0 Å². The number of phenolic OH excluding ortho intramolecular Hbond substituents is 2. The van der Waals surface area contributed by atoms with Crippen molar-refractivity contribution in [3.63, 3.8) is 0 Å². The van der Waals surface area contributed by atoms with E-state index < -0.39 is 29.7 Å². The quantitative estimate of drug-likeness (QED) is 0.0471. The van der Waals surface area contributed by atoms with Crippen molar-refractivity contribution >= 4 is 46.4 Å². The number of nitrogens with one attached hydrogen (secondary N) is 2. The molecule has 66 heavy (non-hydrogen) atoms. The third-order valence-corrected chi connectivity index (χ3v) is 11.8. The van der Waals surface area contributed by atoms with Crippen LogP contribution in [0, 0.1) is 0 Å². The third kappa shape index (κ3) is 12.0. The predicted molar refractivity (Wildman–Crippen MR) is 246 cm³/mol. The van der Waals surface area contributed by atoms with Crippen molar-refractivity contribution in [3.05, 3.63) is 119 Å². The molecule has 1 unspecified atom stereocenters. The third-order valence-electron chi connectivity index (χ3n) is 11.8. The maximum atomic E-state index is 13.2. The van der Waals surface area contributed by atoms with Gasteiger partial charge in [-0.15, -0.1) is 0 Å². The van der Waals surface area contributed by atoms with Gasteiger partial charge in [-0.05, 0) is 89.2 Å². The molecule has 3 aliphatic rings. The van der Waals surface area contributed by atoms with E-state index in [4.69, 9.17) is 18.9 Å². The highest BCUT2D eigenvalue weighted by Crippen LogP contribution is 2.36. The van der Waals surface area contributed by atoms with Crippen LogP contribution >= 0.6 is 0 Å². The van der Waals surface area contributed by atoms with Crippen LogP contribution in [0.4, 0.5) is 5.69 Å². The van der Waals surface area contributed by atoms with Gasteiger partial charge in [0.15, 0.2) is 0 Å². The topological polar surface area (TPSA) is 197 Å². The van der Waals surface area contributed by atoms with Crippen molar-refractivity contribution in [3.8, 4) is 17.2 Å². The number of amides is 5. The highest BCUT2D eigenvalue weighted by Gasteiger charge is 2.45. The Bertz CT molecular complexity index is 2360. The zero-order valence-electron chi connectivity index (χ0n) is 37.2. The molecule has 0 saturated carbocycles. The SMILES string of the molecule is CCC(=C(c1ccc(O)cc1)c1ccc(OCCN2CCN(C(=O)CCOCCOCCOCCNc3cccc4c3C(=O)N(C3CCC(=O)NC3=O)C4=O)CC2)cc1)c1ccc(O)cc1. The van der Waals surface area contributed by atoms with Gasteiger partial charge in [-0.1, -0.05) is 49.4 Å². The summed E-state index contributed by atoms with van der Waals surface area (Å²) in [6, 6.07) is 26.3. The number of hydrogen-bond donors (Lipinski definition) is 4. The summed E-state index contributed by atoms with van der Waals surface area (Å²) >= 11 is 0. The van der Waals surface area contributed by atoms with Crippen LogP contribution in [0.2, 0.25) is 0 Å². The van der Waals surface area contributed by atoms with Crippen LogP contribution in [0.3, 0.4) is 0 Å². The lowest BCUT2D eigenvalue weighted by molar-refractivity contribution is -0.136. The van der Waals surface area contributed by atoms with Crippen LogP contribution < -0.4 is 15.4 Å². The maximum Gasteiger partial charge on any atom is 0.264 e. The first-order chi connectivity index (χ1) is 32.1. The van der Waals surface area contributed by atoms with Crippen LogP contribution in [0.25, 0.3) is 11.1 Å². The summed E-state index contributed by atoms with van der Waals surface area (Å²) in [7, 11) is 0. The first-order valence-electron chi connectivity index (χ1n) is 22.5. The zero-order chi connectivity index (χ0) is 46.4. The lowest BCUT2D eigenvalue weighted by atomic mass is 9.88. The second-order valence-electron chi connectivity index (χ2n) is 16.1. The molecule has 7 rings (SSSR count). The smallest absolute Gasteiger partial charge is 0.264 e. The molecule has 0 aliphatic carbocycles. The van der Waals surface area contributed by atoms with Crippen molar-refractivity contribution in [1.82, 2.24) is 20.0 Å². The molecule has 3 aliphatic heterocycles. The molecule has 4 N–H and O–H groups in total. The van der Waals surface area contributed by atoms with Crippen molar-refractivity contribution in [2.75, 3.05) is 90.8 Å². The number of piperazine rings is 1. The Kier molecular flexibility index (Phi) is 16.5. The van der Waals surface area contributed by atoms with Gasteiger partial charge in [0.1, 0.15) is 29.9 Å². The molecule has 2 fully saturated rings. The number of rotatable bonds is 22. The van der Waals surface area contributed by atoms with E-state index in [0.29, 0.717) is 78.0 Å². The molecule has 16 heteroatoms. The average molecular weight is 904 g/mol. The fourth-order valence-electron chi connectivity index (χ4n) is 8.34. The number of nitrogens with zero attached hydrogens (tertiary/aromatic N) is 3. The van der Waals surface area contributed by atoms with Crippen LogP contribution in [-0.2, 0) is 28.6 Å². The van der Waals surface area contributed by atoms with E-state index in [9.17, 15) is 34.2 Å². The van der Waals surface area contributed by atoms with Crippen molar-refractivity contribution < 1.29 is 53.1 Å². The summed E-state index contributed by atoms with van der Waals surface area (Å²) in [5.74, 6) is -0.963. The monoisotopic (exact) mass is 903 g/mol. The normalized spacial score (nSPS) is 16.8. The molecule has 0 aromatic heterocycles. The summed E-state index contributed by atoms with van der Waals surface area (Å²) in [6.45, 7) is 8.56. The number of allylic oxidation sites excluding steroid dienone is 1. The molecule has 0 spiro atoms. The molecule has 2 saturated heterocycles. The van der Waals surface area contributed by atoms with E-state index >= 15 is 0 Å². The number of carbonyl (C=O) groups excluding carboxylic acids is 5. The molecule has 0 radical (unpaired) electrons. The highest BCUT2D eigenvalue weighted by molar-refractivity contribution is 6.25. The Labute approximate surface area is 384 Å². The molecule has 3 heterocycles. The first kappa shape index (κ1) is 47.4. The molecule has 4 aromatic carbocycles. The molecule has 16 nitrogen and oxygen atoms in total. The largest absolute Gasteiger partial charge is 0.508 e. The van der Waals surface area contributed by atoms with Gasteiger partial charge in [-0.25, -0.2) is 0 Å². The minimum Gasteiger partial charge on any atom is -0.508 e. The second kappa shape index (κ2) is 23.0. The van der Waals surface area contributed by atoms with Gasteiger partial charge in [-0.2, -0.15) is 0 Å². The predicted octanol–water partition coefficient (Wildman–Crippen LogP) is 4.94. The zero-order valence-corrected chi connectivity index (χ0v) is 37.2. The Morgan fingerprint density at radius 2 is 1.32 bits per heavy atom. The number of hydrogen-bond acceptors (Lipinski definition) is 13. The minimum absolute atomic E-state index is 0.0550. The fourth-order valence-corrected chi connectivity index (χ4v) is 8.34. The second-order valence-corrected chi connectivity index (χ2v) is 16.1. The summed E-state index contributed by atoms with van der Waals surface area (Å²) < 4.78 is 23.0. The molecule has 4 aromatic rings. The Hall–Kier alpha value is -6.59. The number of benzene rings is 4. The summed E-state index contributed by atoms with van der Waals surface area (Å²) in [5.41, 5.74) is 6.04. The molecular formula is C50H57N5O11. The Balaban J connectivity index is 0.729. The van der Waals surface area contributed by atoms with Gasteiger partial charge in [0.2, 0.25) is 17.7 Å². The lowest BCUT2D eigenvalue weighted by Gasteiger charge is -2.34. The van der Waals surface area contributed by atoms with Crippen LogP contribution in [-0.4, -0.2) is 146 Å². The molecule has 0 bridgehead atoms. The number of carbonyl (C=O) groups is 5. The van der Waals surface area contributed by atoms with Gasteiger partial charge in [0.25, 0.3) is 11.8 Å². The van der Waals surface area contributed by atoms with Gasteiger partial charge < -0.3 is 39.4 Å². The van der Waals surface area contributed by atoms with Crippen LogP contribution in [0.15, 0.2) is 91.0 Å². The van der Waals surface area contributed by atoms with E-state index in [1.807, 2.05) is 53.4 Å². The van der Waals surface area contributed by atoms with Gasteiger partial charge in [0, 0.05) is 51.4 Å². The number of ether oxygens (including phenoxy) is 4. The number of aromatic hydroxyl groups is 2. The first-order valence-corrected chi connectivity index (χ1v) is 22.5. The van der Waals surface area contributed by atoms with Crippen molar-refractivity contribution in [2.24, 2.45) is 0 Å². The van der Waals surface area contributed by atoms with E-state index in [0.717, 1.165) is 64.5 Å². The molecular weight excluding hydrogens is 847 g/mol. The number of phenols is 2. The van der Waals surface area contributed by atoms with E-state index in [-0.39, 0.29) is 41.4 Å². The van der Waals surface area contributed by atoms with Crippen LogP contribution in [0.5, 0.6) is 17.2 Å². The number of anilines is 1. The van der Waals surface area contributed by atoms with Gasteiger partial charge in [-0.3, -0.25) is 39.1 Å². The van der Waals surface area contributed by atoms with E-state index in [1.54, 1.807) is 42.5 Å². The Morgan fingerprint density at radius 3 is 1.95 bits per heavy atom. The number of fused-ring (bicyclic) bond motifs is 1. The maximum absolute atomic E-state index is 13.2. The molecule has 5 amide bonds. The highest BCUT2D eigenvalue weighted by atomic mass is 16.5. The van der Waals surface area contributed by atoms with Crippen molar-refractivity contribution in [1.29, 1.82) is 0 Å². The molecule has 1 atom stereocenters. The van der Waals surface area contributed by atoms with Crippen molar-refractivity contribution in [2.45, 2.75) is 38.6 Å². The minimum atomic E-state index is -1.03. The summed E-state index contributed by atoms with van der Waals surface area (Å²) in [6.07, 6.45) is 1.21. The van der Waals surface area contributed by atoms with Crippen LogP contribution in [0.1, 0.15) is 70.0 Å². The van der Waals surface area contributed by atoms with E-state index in [1.165, 1.54) is 0 Å². The summed E-state index contributed by atoms with van der Waals surface area (Å²) in [4.78, 5) is 68.2. The fraction of sp³-hybridized carbons (Fsp3) is 0.380. The van der Waals surface area contributed by atoms with Gasteiger partial charge in [0.05, 0.1) is 57.2 Å². The average Bonchev–Trinajstić information content (AvgIpc) is 3.58. The van der Waals surface area contributed by atoms with E-state index in [2.05, 4.69) is 22.5 Å². The Morgan fingerprint density at radius 1 is 0.712 bits per heavy atom. The lowest BCUT2D eigenvalue weighted by Crippen LogP contribution is -2.54. The standard InChI is InChI=1S/C50H57N5O11/c1-2-40(34-6-12-37(56)13-7-34)46(35-8-14-38(57)15-9-35)36-10-16-39(17-11-36)66-29-26-53-22-24-54(25-23-53)45(59)20-27-63-30-32-65-33-31-64-28-21-51-42-5-3-4-41-47(42)50(62)55(49(41)61)43-18-19-44(58)52-48(43)60/h3-17,43,51,56-57H,2,18-33H2,1H3,(H,52,58,60). The molecule has 348 valence electrons. The number of piperidine rings is 1. The summed E-state index contributed by atoms with van der Waals surface area (Å²) in [5, 5.41) is 25.2.